The average Bonchev–Trinajstić information content (AvgIpc) is 2.88. The van der Waals surface area contributed by atoms with Gasteiger partial charge in [-0.3, -0.25) is 0 Å². The van der Waals surface area contributed by atoms with E-state index in [9.17, 15) is 31.2 Å². The van der Waals surface area contributed by atoms with Crippen molar-refractivity contribution in [2.45, 2.75) is 77.6 Å². The molecule has 0 bridgehead atoms. The number of carbonyl (C=O) groups is 2. The second-order valence-electron chi connectivity index (χ2n) is 9.38. The molecule has 0 atom stereocenters. The normalized spacial score (nSPS) is 14.7. The zero-order chi connectivity index (χ0) is 28.8. The van der Waals surface area contributed by atoms with Gasteiger partial charge < -0.3 is 13.7 Å². The lowest BCUT2D eigenvalue weighted by Crippen LogP contribution is -2.28. The summed E-state index contributed by atoms with van der Waals surface area (Å²) in [6, 6.07) is 6.48. The molecule has 0 saturated heterocycles. The van der Waals surface area contributed by atoms with Crippen molar-refractivity contribution in [3.8, 4) is 5.75 Å². The first kappa shape index (κ1) is 30.5. The molecule has 2 aromatic carbocycles. The maximum atomic E-state index is 12.5. The fraction of sp³-hybridized carbons (Fsp3) is 0.500. The monoisotopic (exact) mass is 570 g/mol. The number of fused-ring (bicyclic) bond motifs is 2. The van der Waals surface area contributed by atoms with Crippen molar-refractivity contribution in [3.63, 3.8) is 0 Å². The average molecular weight is 571 g/mol. The van der Waals surface area contributed by atoms with E-state index in [0.717, 1.165) is 25.3 Å². The van der Waals surface area contributed by atoms with Crippen LogP contribution in [-0.2, 0) is 45.3 Å². The van der Waals surface area contributed by atoms with Crippen LogP contribution >= 0.6 is 0 Å². The molecule has 0 fully saturated rings. The fourth-order valence-electron chi connectivity index (χ4n) is 4.82. The summed E-state index contributed by atoms with van der Waals surface area (Å²) in [4.78, 5) is 23.5. The Morgan fingerprint density at radius 2 is 1.23 bits per heavy atom. The second kappa shape index (κ2) is 12.8. The number of rotatable bonds is 6. The maximum absolute atomic E-state index is 12.5. The van der Waals surface area contributed by atoms with E-state index in [0.29, 0.717) is 42.6 Å². The van der Waals surface area contributed by atoms with E-state index in [1.807, 2.05) is 19.1 Å². The molecule has 0 unspecified atom stereocenters. The van der Waals surface area contributed by atoms with Gasteiger partial charge in [0.1, 0.15) is 5.75 Å². The Morgan fingerprint density at radius 3 is 1.74 bits per heavy atom. The predicted octanol–water partition coefficient (Wildman–Crippen LogP) is 6.02. The summed E-state index contributed by atoms with van der Waals surface area (Å²) in [5.74, 6) is -1.39. The lowest BCUT2D eigenvalue weighted by Gasteiger charge is -2.20. The van der Waals surface area contributed by atoms with E-state index in [4.69, 9.17) is 9.47 Å². The zero-order valence-corrected chi connectivity index (χ0v) is 23.1. The Labute approximate surface area is 226 Å². The Morgan fingerprint density at radius 1 is 0.769 bits per heavy atom. The molecule has 39 heavy (non-hydrogen) atoms. The van der Waals surface area contributed by atoms with Gasteiger partial charge in [-0.2, -0.15) is 21.6 Å². The molecule has 214 valence electrons. The summed E-state index contributed by atoms with van der Waals surface area (Å²) < 4.78 is 74.2. The van der Waals surface area contributed by atoms with Crippen LogP contribution in [-0.4, -0.2) is 39.1 Å². The molecule has 0 spiro atoms. The van der Waals surface area contributed by atoms with Crippen molar-refractivity contribution in [1.29, 1.82) is 0 Å². The highest BCUT2D eigenvalue weighted by atomic mass is 32.2. The van der Waals surface area contributed by atoms with Crippen molar-refractivity contribution in [2.24, 2.45) is 0 Å². The molecule has 2 aliphatic carbocycles. The predicted molar refractivity (Wildman–Crippen MR) is 138 cm³/mol. The molecule has 0 saturated carbocycles. The smallest absolute Gasteiger partial charge is 0.462 e. The molecular formula is C28H33F3O7S. The summed E-state index contributed by atoms with van der Waals surface area (Å²) in [6.45, 7) is 6.04. The van der Waals surface area contributed by atoms with Crippen LogP contribution < -0.4 is 4.18 Å². The van der Waals surface area contributed by atoms with Crippen molar-refractivity contribution in [2.75, 3.05) is 13.2 Å². The van der Waals surface area contributed by atoms with E-state index in [1.165, 1.54) is 35.6 Å². The standard InChI is InChI=1S/C14H15F3O5S.C14H18O2/c1-2-21-13(18)10-7-9-5-3-4-6-11(9)12(8-10)22-23(19,20)14(15,16)17;1-3-16-14(15)12-8-10(2)13-7-5-4-6-11(13)9-12/h7-8H,2-6H2,1H3;8-9H,3-7H2,1-2H3. The van der Waals surface area contributed by atoms with E-state index in [-0.39, 0.29) is 18.1 Å². The number of carbonyl (C=O) groups excluding carboxylic acids is 2. The summed E-state index contributed by atoms with van der Waals surface area (Å²) in [5.41, 5.74) is 0.161. The van der Waals surface area contributed by atoms with Crippen LogP contribution in [0.3, 0.4) is 0 Å². The van der Waals surface area contributed by atoms with Crippen LogP contribution in [0.15, 0.2) is 24.3 Å². The van der Waals surface area contributed by atoms with Gasteiger partial charge >= 0.3 is 27.6 Å². The van der Waals surface area contributed by atoms with Gasteiger partial charge in [0.15, 0.2) is 0 Å². The molecule has 7 nitrogen and oxygen atoms in total. The van der Waals surface area contributed by atoms with Crippen LogP contribution in [0.4, 0.5) is 13.2 Å². The largest absolute Gasteiger partial charge is 0.534 e. The topological polar surface area (TPSA) is 96.0 Å². The minimum Gasteiger partial charge on any atom is -0.462 e. The Balaban J connectivity index is 0.000000230. The Hall–Kier alpha value is -3.08. The number of hydrogen-bond acceptors (Lipinski definition) is 7. The summed E-state index contributed by atoms with van der Waals surface area (Å²) in [6.07, 6.45) is 7.18. The highest BCUT2D eigenvalue weighted by Gasteiger charge is 2.49. The first-order valence-corrected chi connectivity index (χ1v) is 14.4. The highest BCUT2D eigenvalue weighted by Crippen LogP contribution is 2.35. The summed E-state index contributed by atoms with van der Waals surface area (Å²) in [5, 5.41) is 0. The number of alkyl halides is 3. The zero-order valence-electron chi connectivity index (χ0n) is 22.3. The third-order valence-corrected chi connectivity index (χ3v) is 7.58. The van der Waals surface area contributed by atoms with E-state index < -0.39 is 27.3 Å². The van der Waals surface area contributed by atoms with Gasteiger partial charge in [-0.25, -0.2) is 9.59 Å². The number of halogens is 3. The minimum atomic E-state index is -5.79. The molecule has 11 heteroatoms. The van der Waals surface area contributed by atoms with Crippen molar-refractivity contribution in [3.05, 3.63) is 63.2 Å². The van der Waals surface area contributed by atoms with Crippen LogP contribution in [0.1, 0.15) is 88.1 Å². The number of hydrogen-bond donors (Lipinski definition) is 0. The molecule has 0 N–H and O–H groups in total. The lowest BCUT2D eigenvalue weighted by atomic mass is 9.87. The molecule has 0 amide bonds. The fourth-order valence-corrected chi connectivity index (χ4v) is 5.30. The third kappa shape index (κ3) is 7.52. The number of aryl methyl sites for hydroxylation is 3. The van der Waals surface area contributed by atoms with Gasteiger partial charge in [-0.05, 0) is 124 Å². The van der Waals surface area contributed by atoms with Crippen LogP contribution in [0.5, 0.6) is 5.75 Å². The quantitative estimate of drug-likeness (QED) is 0.238. The molecule has 0 radical (unpaired) electrons. The lowest BCUT2D eigenvalue weighted by molar-refractivity contribution is -0.0500. The van der Waals surface area contributed by atoms with Crippen molar-refractivity contribution in [1.82, 2.24) is 0 Å². The molecule has 0 aromatic heterocycles. The van der Waals surface area contributed by atoms with Gasteiger partial charge in [0.25, 0.3) is 0 Å². The van der Waals surface area contributed by atoms with E-state index >= 15 is 0 Å². The highest BCUT2D eigenvalue weighted by molar-refractivity contribution is 7.88. The number of ether oxygens (including phenoxy) is 2. The van der Waals surface area contributed by atoms with Gasteiger partial charge in [-0.15, -0.1) is 0 Å². The molecule has 0 heterocycles. The third-order valence-electron chi connectivity index (χ3n) is 6.62. The van der Waals surface area contributed by atoms with Gasteiger partial charge in [0.2, 0.25) is 0 Å². The second-order valence-corrected chi connectivity index (χ2v) is 10.9. The van der Waals surface area contributed by atoms with Crippen molar-refractivity contribution < 1.29 is 44.8 Å². The first-order valence-electron chi connectivity index (χ1n) is 13.0. The maximum Gasteiger partial charge on any atom is 0.534 e. The molecular weight excluding hydrogens is 537 g/mol. The van der Waals surface area contributed by atoms with Gasteiger partial charge in [0, 0.05) is 0 Å². The van der Waals surface area contributed by atoms with Gasteiger partial charge in [0.05, 0.1) is 24.3 Å². The Kier molecular flexibility index (Phi) is 10.0. The molecule has 0 aliphatic heterocycles. The van der Waals surface area contributed by atoms with E-state index in [2.05, 4.69) is 11.1 Å². The minimum absolute atomic E-state index is 0.0279. The van der Waals surface area contributed by atoms with E-state index in [1.54, 1.807) is 6.92 Å². The first-order chi connectivity index (χ1) is 18.4. The van der Waals surface area contributed by atoms with Gasteiger partial charge in [-0.1, -0.05) is 0 Å². The molecule has 4 rings (SSSR count). The number of esters is 2. The summed E-state index contributed by atoms with van der Waals surface area (Å²) in [7, 11) is -5.79. The number of benzene rings is 2. The SMILES string of the molecule is CCOC(=O)c1cc(C)c2c(c1)CCCC2.CCOC(=O)c1cc2c(c(OS(=O)(=O)C(F)(F)F)c1)CCCC2. The van der Waals surface area contributed by atoms with Crippen LogP contribution in [0.2, 0.25) is 0 Å². The summed E-state index contributed by atoms with van der Waals surface area (Å²) >= 11 is 0. The molecule has 2 aliphatic rings. The molecule has 2 aromatic rings. The van der Waals surface area contributed by atoms with Crippen molar-refractivity contribution >= 4 is 22.1 Å². The Bertz CT molecular complexity index is 1320. The van der Waals surface area contributed by atoms with Crippen LogP contribution in [0, 0.1) is 6.92 Å². The van der Waals surface area contributed by atoms with Crippen LogP contribution in [0.25, 0.3) is 0 Å².